The zero-order chi connectivity index (χ0) is 7.14. The van der Waals surface area contributed by atoms with Gasteiger partial charge in [0.05, 0.1) is 0 Å². The van der Waals surface area contributed by atoms with Crippen molar-refractivity contribution in [1.82, 2.24) is 0 Å². The van der Waals surface area contributed by atoms with Crippen molar-refractivity contribution in [3.8, 4) is 0 Å². The summed E-state index contributed by atoms with van der Waals surface area (Å²) >= 11 is 0. The molecule has 2 unspecified atom stereocenters. The fourth-order valence-electron chi connectivity index (χ4n) is 1.53. The van der Waals surface area contributed by atoms with Crippen LogP contribution in [0.15, 0.2) is 0 Å². The molecule has 2 fully saturated rings. The van der Waals surface area contributed by atoms with Crippen LogP contribution in [0.2, 0.25) is 0 Å². The number of ketones is 1. The zero-order valence-corrected chi connectivity index (χ0v) is 6.47. The summed E-state index contributed by atoms with van der Waals surface area (Å²) in [6, 6.07) is 0. The highest BCUT2D eigenvalue weighted by atomic mass is 16.1. The van der Waals surface area contributed by atoms with Crippen molar-refractivity contribution < 1.29 is 4.79 Å². The molecule has 1 heteroatoms. The van der Waals surface area contributed by atoms with E-state index < -0.39 is 0 Å². The van der Waals surface area contributed by atoms with Crippen LogP contribution in [-0.4, -0.2) is 5.78 Å². The smallest absolute Gasteiger partial charge is 0.136 e. The van der Waals surface area contributed by atoms with Crippen molar-refractivity contribution in [1.29, 1.82) is 0 Å². The van der Waals surface area contributed by atoms with Gasteiger partial charge in [0.15, 0.2) is 0 Å². The highest BCUT2D eigenvalue weighted by Gasteiger charge is 2.40. The highest BCUT2D eigenvalue weighted by molar-refractivity contribution is 5.84. The molecular formula is C9H14O. The summed E-state index contributed by atoms with van der Waals surface area (Å²) in [4.78, 5) is 11.3. The minimum absolute atomic E-state index is 0.473. The first kappa shape index (κ1) is 6.38. The molecule has 0 spiro atoms. The summed E-state index contributed by atoms with van der Waals surface area (Å²) in [5, 5.41) is 0. The largest absolute Gasteiger partial charge is 0.299 e. The molecule has 0 aliphatic heterocycles. The number of carbonyl (C=O) groups excluding carboxylic acids is 1. The SMILES string of the molecule is CC1CC1C(=O)CC1CC1. The third-order valence-corrected chi connectivity index (χ3v) is 2.71. The Kier molecular flexibility index (Phi) is 1.33. The van der Waals surface area contributed by atoms with Crippen LogP contribution >= 0.6 is 0 Å². The van der Waals surface area contributed by atoms with E-state index in [2.05, 4.69) is 6.92 Å². The standard InChI is InChI=1S/C9H14O/c1-6-4-8(6)9(10)5-7-2-3-7/h6-8H,2-5H2,1H3. The van der Waals surface area contributed by atoms with Gasteiger partial charge in [0, 0.05) is 12.3 Å². The molecule has 2 saturated carbocycles. The Labute approximate surface area is 61.8 Å². The van der Waals surface area contributed by atoms with Gasteiger partial charge in [-0.2, -0.15) is 0 Å². The van der Waals surface area contributed by atoms with E-state index in [-0.39, 0.29) is 0 Å². The summed E-state index contributed by atoms with van der Waals surface area (Å²) in [5.74, 6) is 2.53. The van der Waals surface area contributed by atoms with Crippen LogP contribution in [0.25, 0.3) is 0 Å². The van der Waals surface area contributed by atoms with Crippen molar-refractivity contribution in [2.75, 3.05) is 0 Å². The Balaban J connectivity index is 1.76. The van der Waals surface area contributed by atoms with Crippen LogP contribution < -0.4 is 0 Å². The predicted molar refractivity (Wildman–Crippen MR) is 39.6 cm³/mol. The molecule has 1 nitrogen and oxygen atoms in total. The molecule has 0 N–H and O–H groups in total. The van der Waals surface area contributed by atoms with Crippen LogP contribution in [0.4, 0.5) is 0 Å². The molecular weight excluding hydrogens is 124 g/mol. The van der Waals surface area contributed by atoms with Gasteiger partial charge in [-0.15, -0.1) is 0 Å². The van der Waals surface area contributed by atoms with Gasteiger partial charge in [0.2, 0.25) is 0 Å². The van der Waals surface area contributed by atoms with Crippen molar-refractivity contribution in [3.05, 3.63) is 0 Å². The van der Waals surface area contributed by atoms with Crippen molar-refractivity contribution >= 4 is 5.78 Å². The summed E-state index contributed by atoms with van der Waals surface area (Å²) < 4.78 is 0. The first-order chi connectivity index (χ1) is 4.77. The number of rotatable bonds is 3. The number of hydrogen-bond donors (Lipinski definition) is 0. The van der Waals surface area contributed by atoms with Crippen molar-refractivity contribution in [2.45, 2.75) is 32.6 Å². The fraction of sp³-hybridized carbons (Fsp3) is 0.889. The molecule has 0 aromatic rings. The normalized spacial score (nSPS) is 37.7. The monoisotopic (exact) mass is 138 g/mol. The van der Waals surface area contributed by atoms with Crippen LogP contribution in [0.1, 0.15) is 32.6 Å². The molecule has 0 aromatic heterocycles. The molecule has 0 amide bonds. The van der Waals surface area contributed by atoms with Gasteiger partial charge in [-0.05, 0) is 31.1 Å². The van der Waals surface area contributed by atoms with E-state index in [4.69, 9.17) is 0 Å². The van der Waals surface area contributed by atoms with Gasteiger partial charge in [-0.3, -0.25) is 4.79 Å². The molecule has 0 saturated heterocycles. The quantitative estimate of drug-likeness (QED) is 0.583. The first-order valence-electron chi connectivity index (χ1n) is 4.30. The molecule has 0 bridgehead atoms. The van der Waals surface area contributed by atoms with Crippen LogP contribution in [0.3, 0.4) is 0 Å². The third kappa shape index (κ3) is 1.23. The van der Waals surface area contributed by atoms with Crippen LogP contribution in [-0.2, 0) is 4.79 Å². The van der Waals surface area contributed by atoms with Gasteiger partial charge in [0.1, 0.15) is 5.78 Å². The lowest BCUT2D eigenvalue weighted by atomic mass is 10.1. The second kappa shape index (κ2) is 2.08. The summed E-state index contributed by atoms with van der Waals surface area (Å²) in [6.45, 7) is 2.18. The number of hydrogen-bond acceptors (Lipinski definition) is 1. The molecule has 0 aromatic carbocycles. The molecule has 0 radical (unpaired) electrons. The van der Waals surface area contributed by atoms with Crippen LogP contribution in [0, 0.1) is 17.8 Å². The average Bonchev–Trinajstić information content (AvgIpc) is 2.66. The van der Waals surface area contributed by atoms with Gasteiger partial charge >= 0.3 is 0 Å². The number of Topliss-reactive ketones (excluding diaryl/α,β-unsaturated/α-hetero) is 1. The van der Waals surface area contributed by atoms with E-state index in [1.165, 1.54) is 19.3 Å². The van der Waals surface area contributed by atoms with E-state index in [9.17, 15) is 4.79 Å². The molecule has 56 valence electrons. The maximum atomic E-state index is 11.3. The molecule has 10 heavy (non-hydrogen) atoms. The van der Waals surface area contributed by atoms with E-state index in [0.29, 0.717) is 17.6 Å². The Hall–Kier alpha value is -0.330. The molecule has 2 rings (SSSR count). The van der Waals surface area contributed by atoms with E-state index in [0.717, 1.165) is 12.3 Å². The Morgan fingerprint density at radius 3 is 2.50 bits per heavy atom. The Morgan fingerprint density at radius 2 is 2.10 bits per heavy atom. The van der Waals surface area contributed by atoms with Gasteiger partial charge < -0.3 is 0 Å². The van der Waals surface area contributed by atoms with Crippen molar-refractivity contribution in [3.63, 3.8) is 0 Å². The second-order valence-corrected chi connectivity index (χ2v) is 3.93. The summed E-state index contributed by atoms with van der Waals surface area (Å²) in [5.41, 5.74) is 0. The Morgan fingerprint density at radius 1 is 1.50 bits per heavy atom. The average molecular weight is 138 g/mol. The molecule has 2 aliphatic rings. The number of carbonyl (C=O) groups is 1. The topological polar surface area (TPSA) is 17.1 Å². The van der Waals surface area contributed by atoms with Crippen LogP contribution in [0.5, 0.6) is 0 Å². The third-order valence-electron chi connectivity index (χ3n) is 2.71. The summed E-state index contributed by atoms with van der Waals surface area (Å²) in [7, 11) is 0. The zero-order valence-electron chi connectivity index (χ0n) is 6.47. The summed E-state index contributed by atoms with van der Waals surface area (Å²) in [6.07, 6.45) is 4.69. The minimum atomic E-state index is 0.473. The van der Waals surface area contributed by atoms with E-state index in [1.54, 1.807) is 0 Å². The van der Waals surface area contributed by atoms with Gasteiger partial charge in [-0.25, -0.2) is 0 Å². The predicted octanol–water partition coefficient (Wildman–Crippen LogP) is 2.01. The van der Waals surface area contributed by atoms with E-state index in [1.807, 2.05) is 0 Å². The maximum absolute atomic E-state index is 11.3. The van der Waals surface area contributed by atoms with Crippen molar-refractivity contribution in [2.24, 2.45) is 17.8 Å². The lowest BCUT2D eigenvalue weighted by Crippen LogP contribution is -2.02. The second-order valence-electron chi connectivity index (χ2n) is 3.93. The Bertz CT molecular complexity index is 158. The van der Waals surface area contributed by atoms with Gasteiger partial charge in [-0.1, -0.05) is 6.92 Å². The molecule has 2 aliphatic carbocycles. The lowest BCUT2D eigenvalue weighted by molar-refractivity contribution is -0.120. The lowest BCUT2D eigenvalue weighted by Gasteiger charge is -1.93. The fourth-order valence-corrected chi connectivity index (χ4v) is 1.53. The first-order valence-corrected chi connectivity index (χ1v) is 4.30. The molecule has 0 heterocycles. The highest BCUT2D eigenvalue weighted by Crippen LogP contribution is 2.42. The maximum Gasteiger partial charge on any atom is 0.136 e. The van der Waals surface area contributed by atoms with Gasteiger partial charge in [0.25, 0.3) is 0 Å². The molecule has 2 atom stereocenters. The minimum Gasteiger partial charge on any atom is -0.299 e. The van der Waals surface area contributed by atoms with E-state index >= 15 is 0 Å².